The van der Waals surface area contributed by atoms with E-state index in [-0.39, 0.29) is 5.69 Å². The fourth-order valence-electron chi connectivity index (χ4n) is 2.91. The van der Waals surface area contributed by atoms with Crippen LogP contribution in [0.15, 0.2) is 36.4 Å². The summed E-state index contributed by atoms with van der Waals surface area (Å²) < 4.78 is 46.9. The Kier molecular flexibility index (Phi) is 7.38. The van der Waals surface area contributed by atoms with E-state index in [1.165, 1.54) is 41.4 Å². The second-order valence-electron chi connectivity index (χ2n) is 6.33. The number of sulfonamides is 1. The van der Waals surface area contributed by atoms with Gasteiger partial charge in [-0.25, -0.2) is 8.42 Å². The number of ether oxygens (including phenoxy) is 4. The number of benzene rings is 2. The molecule has 2 aromatic rings. The van der Waals surface area contributed by atoms with E-state index in [1.807, 2.05) is 0 Å². The van der Waals surface area contributed by atoms with Crippen molar-refractivity contribution >= 4 is 27.3 Å². The summed E-state index contributed by atoms with van der Waals surface area (Å²) in [5, 5.41) is 2.70. The van der Waals surface area contributed by atoms with Crippen LogP contribution in [0.4, 0.5) is 11.4 Å². The molecule has 1 N–H and O–H groups in total. The highest BCUT2D eigenvalue weighted by Gasteiger charge is 2.30. The lowest BCUT2D eigenvalue weighted by Gasteiger charge is -2.29. The molecule has 0 spiro atoms. The zero-order chi connectivity index (χ0) is 22.5. The molecule has 30 heavy (non-hydrogen) atoms. The second-order valence-corrected chi connectivity index (χ2v) is 8.19. The van der Waals surface area contributed by atoms with Crippen molar-refractivity contribution < 1.29 is 32.2 Å². The normalized spacial score (nSPS) is 11.9. The first-order chi connectivity index (χ1) is 14.2. The topological polar surface area (TPSA) is 103 Å². The molecular formula is C20H26N2O7S. The molecule has 0 aliphatic carbocycles. The number of hydrogen-bond acceptors (Lipinski definition) is 7. The summed E-state index contributed by atoms with van der Waals surface area (Å²) in [6.45, 7) is 1.49. The van der Waals surface area contributed by atoms with Crippen molar-refractivity contribution in [2.45, 2.75) is 13.0 Å². The molecule has 9 nitrogen and oxygen atoms in total. The Bertz CT molecular complexity index is 1010. The number of hydrogen-bond donors (Lipinski definition) is 1. The number of rotatable bonds is 9. The lowest BCUT2D eigenvalue weighted by atomic mass is 10.2. The zero-order valence-corrected chi connectivity index (χ0v) is 18.6. The van der Waals surface area contributed by atoms with Crippen LogP contribution in [0, 0.1) is 0 Å². The summed E-state index contributed by atoms with van der Waals surface area (Å²) in [7, 11) is 2.09. The summed E-state index contributed by atoms with van der Waals surface area (Å²) in [5.74, 6) is 1.18. The average Bonchev–Trinajstić information content (AvgIpc) is 2.72. The Morgan fingerprint density at radius 1 is 0.900 bits per heavy atom. The lowest BCUT2D eigenvalue weighted by Crippen LogP contribution is -2.45. The van der Waals surface area contributed by atoms with E-state index in [4.69, 9.17) is 18.9 Å². The lowest BCUT2D eigenvalue weighted by molar-refractivity contribution is -0.116. The Labute approximate surface area is 176 Å². The number of nitrogens with zero attached hydrogens (tertiary/aromatic N) is 1. The van der Waals surface area contributed by atoms with E-state index >= 15 is 0 Å². The Morgan fingerprint density at radius 2 is 1.53 bits per heavy atom. The maximum atomic E-state index is 12.9. The molecule has 0 radical (unpaired) electrons. The van der Waals surface area contributed by atoms with Crippen LogP contribution in [-0.2, 0) is 14.8 Å². The van der Waals surface area contributed by atoms with Gasteiger partial charge in [0, 0.05) is 12.1 Å². The van der Waals surface area contributed by atoms with Gasteiger partial charge >= 0.3 is 0 Å². The van der Waals surface area contributed by atoms with Crippen molar-refractivity contribution in [3.8, 4) is 23.0 Å². The van der Waals surface area contributed by atoms with E-state index in [9.17, 15) is 13.2 Å². The molecule has 2 rings (SSSR count). The van der Waals surface area contributed by atoms with Crippen molar-refractivity contribution in [3.63, 3.8) is 0 Å². The maximum absolute atomic E-state index is 12.9. The average molecular weight is 439 g/mol. The molecule has 0 aliphatic rings. The van der Waals surface area contributed by atoms with Crippen molar-refractivity contribution in [3.05, 3.63) is 36.4 Å². The van der Waals surface area contributed by atoms with Crippen LogP contribution in [0.5, 0.6) is 23.0 Å². The number of methoxy groups -OCH3 is 4. The van der Waals surface area contributed by atoms with E-state index in [2.05, 4.69) is 5.32 Å². The predicted molar refractivity (Wildman–Crippen MR) is 115 cm³/mol. The van der Waals surface area contributed by atoms with E-state index < -0.39 is 22.0 Å². The SMILES string of the molecule is COc1ccc(NC(=O)[C@@H](C)N(c2ccc(OC)c(OC)c2)S(C)(=O)=O)c(OC)c1. The molecule has 0 heterocycles. The fourth-order valence-corrected chi connectivity index (χ4v) is 4.08. The Hall–Kier alpha value is -3.14. The van der Waals surface area contributed by atoms with Gasteiger partial charge < -0.3 is 24.3 Å². The van der Waals surface area contributed by atoms with E-state index in [0.717, 1.165) is 10.6 Å². The zero-order valence-electron chi connectivity index (χ0n) is 17.8. The first kappa shape index (κ1) is 23.1. The third-order valence-electron chi connectivity index (χ3n) is 4.38. The van der Waals surface area contributed by atoms with Crippen LogP contribution in [0.25, 0.3) is 0 Å². The highest BCUT2D eigenvalue weighted by Crippen LogP contribution is 2.34. The van der Waals surface area contributed by atoms with Crippen molar-refractivity contribution in [2.75, 3.05) is 44.3 Å². The summed E-state index contributed by atoms with van der Waals surface area (Å²) in [5.41, 5.74) is 0.649. The molecule has 0 bridgehead atoms. The molecule has 0 unspecified atom stereocenters. The molecule has 164 valence electrons. The Morgan fingerprint density at radius 3 is 2.07 bits per heavy atom. The molecule has 1 atom stereocenters. The molecule has 2 aromatic carbocycles. The highest BCUT2D eigenvalue weighted by atomic mass is 32.2. The van der Waals surface area contributed by atoms with Gasteiger partial charge in [-0.3, -0.25) is 9.10 Å². The van der Waals surface area contributed by atoms with Gasteiger partial charge in [-0.1, -0.05) is 0 Å². The first-order valence-electron chi connectivity index (χ1n) is 8.90. The summed E-state index contributed by atoms with van der Waals surface area (Å²) >= 11 is 0. The van der Waals surface area contributed by atoms with Crippen LogP contribution in [0.1, 0.15) is 6.92 Å². The minimum Gasteiger partial charge on any atom is -0.497 e. The number of nitrogens with one attached hydrogen (secondary N) is 1. The summed E-state index contributed by atoms with van der Waals surface area (Å²) in [6, 6.07) is 8.43. The van der Waals surface area contributed by atoms with Gasteiger partial charge in [-0.05, 0) is 31.2 Å². The third kappa shape index (κ3) is 5.07. The van der Waals surface area contributed by atoms with Crippen molar-refractivity contribution in [2.24, 2.45) is 0 Å². The number of carbonyl (C=O) groups excluding carboxylic acids is 1. The minimum atomic E-state index is -3.80. The van der Waals surface area contributed by atoms with Gasteiger partial charge in [0.05, 0.1) is 46.1 Å². The second kappa shape index (κ2) is 9.57. The van der Waals surface area contributed by atoms with Crippen molar-refractivity contribution in [1.82, 2.24) is 0 Å². The van der Waals surface area contributed by atoms with Gasteiger partial charge in [0.1, 0.15) is 17.5 Å². The van der Waals surface area contributed by atoms with Crippen molar-refractivity contribution in [1.29, 1.82) is 0 Å². The summed E-state index contributed by atoms with van der Waals surface area (Å²) in [6.07, 6.45) is 1.03. The standard InChI is InChI=1S/C20H26N2O7S/c1-13(20(23)21-16-9-8-15(26-2)12-18(16)28-4)22(30(6,24)25)14-7-10-17(27-3)19(11-14)29-5/h7-13H,1-6H3,(H,21,23)/t13-/m1/s1. The van der Waals surface area contributed by atoms with Crippen LogP contribution in [-0.4, -0.2) is 55.1 Å². The quantitative estimate of drug-likeness (QED) is 0.642. The van der Waals surface area contributed by atoms with Crippen LogP contribution < -0.4 is 28.6 Å². The fraction of sp³-hybridized carbons (Fsp3) is 0.350. The van der Waals surface area contributed by atoms with E-state index in [0.29, 0.717) is 28.7 Å². The van der Waals surface area contributed by atoms with Gasteiger partial charge in [0.25, 0.3) is 0 Å². The summed E-state index contributed by atoms with van der Waals surface area (Å²) in [4.78, 5) is 12.9. The van der Waals surface area contributed by atoms with Gasteiger partial charge in [-0.15, -0.1) is 0 Å². The van der Waals surface area contributed by atoms with E-state index in [1.54, 1.807) is 30.3 Å². The van der Waals surface area contributed by atoms with Crippen LogP contribution >= 0.6 is 0 Å². The molecule has 0 fully saturated rings. The molecule has 0 aromatic heterocycles. The third-order valence-corrected chi connectivity index (χ3v) is 5.62. The van der Waals surface area contributed by atoms with Gasteiger partial charge in [0.15, 0.2) is 11.5 Å². The predicted octanol–water partition coefficient (Wildman–Crippen LogP) is 2.51. The number of carbonyl (C=O) groups is 1. The largest absolute Gasteiger partial charge is 0.497 e. The molecule has 0 aliphatic heterocycles. The number of amides is 1. The first-order valence-corrected chi connectivity index (χ1v) is 10.7. The molecule has 10 heteroatoms. The minimum absolute atomic E-state index is 0.263. The molecule has 0 saturated carbocycles. The molecule has 1 amide bonds. The van der Waals surface area contributed by atoms with Gasteiger partial charge in [0.2, 0.25) is 15.9 Å². The van der Waals surface area contributed by atoms with Gasteiger partial charge in [-0.2, -0.15) is 0 Å². The molecular weight excluding hydrogens is 412 g/mol. The highest BCUT2D eigenvalue weighted by molar-refractivity contribution is 7.92. The van der Waals surface area contributed by atoms with Crippen LogP contribution in [0.3, 0.4) is 0 Å². The maximum Gasteiger partial charge on any atom is 0.248 e. The van der Waals surface area contributed by atoms with Crippen LogP contribution in [0.2, 0.25) is 0 Å². The smallest absolute Gasteiger partial charge is 0.248 e. The molecule has 0 saturated heterocycles. The Balaban J connectivity index is 2.39. The number of anilines is 2. The monoisotopic (exact) mass is 438 g/mol.